The Morgan fingerprint density at radius 3 is 3.00 bits per heavy atom. The normalized spacial score (nSPS) is 31.8. The van der Waals surface area contributed by atoms with E-state index in [0.717, 1.165) is 24.0 Å². The maximum Gasteiger partial charge on any atom is 0.413 e. The molecular weight excluding hydrogens is 444 g/mol. The standard InChI is InChI=1S/C23H27BrN4O2/c1-23-9-11-27(2)21(23)28(3)18-13-17(24)19(12-16(18)23)30-22(29)26-20-15-7-5-4-6-14(15)8-10-25-20/h4-8,12-13,15,20-21,25H,9-11H2,1-3H3,(H,26,29)/t15?,20?,21-,23+/m1/s1. The van der Waals surface area contributed by atoms with Crippen molar-refractivity contribution in [3.63, 3.8) is 0 Å². The fourth-order valence-corrected chi connectivity index (χ4v) is 5.97. The number of likely N-dealkylation sites (N-methyl/N-ethyl adjacent to an activating group) is 2. The number of fused-ring (bicyclic) bond motifs is 4. The number of carbonyl (C=O) groups excluding carboxylic acids is 1. The number of benzene rings is 1. The van der Waals surface area contributed by atoms with Crippen molar-refractivity contribution in [3.8, 4) is 5.75 Å². The highest BCUT2D eigenvalue weighted by Crippen LogP contribution is 2.53. The molecule has 3 aliphatic heterocycles. The van der Waals surface area contributed by atoms with E-state index in [-0.39, 0.29) is 17.5 Å². The SMILES string of the molecule is CN1CC[C@@]2(C)c3cc(OC(=O)NC4NCC=C5C=CC=CC54)c(Br)cc3N(C)[C@@H]12. The second kappa shape index (κ2) is 7.25. The highest BCUT2D eigenvalue weighted by atomic mass is 79.9. The molecule has 0 aromatic heterocycles. The zero-order valence-corrected chi connectivity index (χ0v) is 19.1. The molecule has 0 saturated carbocycles. The predicted octanol–water partition coefficient (Wildman–Crippen LogP) is 3.50. The van der Waals surface area contributed by atoms with Crippen LogP contribution in [-0.2, 0) is 5.41 Å². The molecule has 158 valence electrons. The maximum atomic E-state index is 12.8. The van der Waals surface area contributed by atoms with Gasteiger partial charge in [-0.25, -0.2) is 4.79 Å². The van der Waals surface area contributed by atoms with Crippen molar-refractivity contribution < 1.29 is 9.53 Å². The summed E-state index contributed by atoms with van der Waals surface area (Å²) < 4.78 is 6.56. The molecule has 5 rings (SSSR count). The predicted molar refractivity (Wildman–Crippen MR) is 122 cm³/mol. The van der Waals surface area contributed by atoms with Crippen LogP contribution in [-0.4, -0.2) is 50.5 Å². The van der Waals surface area contributed by atoms with Crippen LogP contribution < -0.4 is 20.3 Å². The van der Waals surface area contributed by atoms with E-state index in [9.17, 15) is 4.79 Å². The van der Waals surface area contributed by atoms with Crippen LogP contribution in [0.3, 0.4) is 0 Å². The van der Waals surface area contributed by atoms with Crippen LogP contribution in [0.5, 0.6) is 5.75 Å². The molecule has 4 atom stereocenters. The number of nitrogens with one attached hydrogen (secondary N) is 2. The Balaban J connectivity index is 1.36. The summed E-state index contributed by atoms with van der Waals surface area (Å²) in [6, 6.07) is 4.11. The molecule has 30 heavy (non-hydrogen) atoms. The van der Waals surface area contributed by atoms with E-state index < -0.39 is 6.09 Å². The molecule has 6 nitrogen and oxygen atoms in total. The van der Waals surface area contributed by atoms with Crippen molar-refractivity contribution in [3.05, 3.63) is 58.1 Å². The minimum Gasteiger partial charge on any atom is -0.409 e. The van der Waals surface area contributed by atoms with Gasteiger partial charge >= 0.3 is 6.09 Å². The van der Waals surface area contributed by atoms with Crippen LogP contribution in [0.4, 0.5) is 10.5 Å². The Hall–Kier alpha value is -2.09. The van der Waals surface area contributed by atoms with Gasteiger partial charge in [0.1, 0.15) is 5.75 Å². The quantitative estimate of drug-likeness (QED) is 0.692. The molecule has 1 saturated heterocycles. The molecule has 4 aliphatic rings. The molecule has 2 unspecified atom stereocenters. The third-order valence-electron chi connectivity index (χ3n) is 7.00. The van der Waals surface area contributed by atoms with Crippen molar-refractivity contribution in [2.75, 3.05) is 32.1 Å². The lowest BCUT2D eigenvalue weighted by atomic mass is 9.81. The molecule has 0 radical (unpaired) electrons. The number of halogens is 1. The molecule has 2 N–H and O–H groups in total. The van der Waals surface area contributed by atoms with Crippen molar-refractivity contribution in [1.29, 1.82) is 0 Å². The fraction of sp³-hybridized carbons (Fsp3) is 0.435. The summed E-state index contributed by atoms with van der Waals surface area (Å²) in [6.45, 7) is 4.09. The highest BCUT2D eigenvalue weighted by molar-refractivity contribution is 9.10. The molecular formula is C23H27BrN4O2. The lowest BCUT2D eigenvalue weighted by Gasteiger charge is -2.32. The van der Waals surface area contributed by atoms with Crippen LogP contribution in [0.15, 0.2) is 52.6 Å². The first-order valence-corrected chi connectivity index (χ1v) is 11.2. The van der Waals surface area contributed by atoms with Crippen LogP contribution in [0, 0.1) is 5.92 Å². The first-order chi connectivity index (χ1) is 14.4. The van der Waals surface area contributed by atoms with E-state index in [1.54, 1.807) is 0 Å². The molecule has 7 heteroatoms. The summed E-state index contributed by atoms with van der Waals surface area (Å²) >= 11 is 3.61. The molecule has 0 bridgehead atoms. The minimum atomic E-state index is -0.450. The fourth-order valence-electron chi connectivity index (χ4n) is 5.55. The van der Waals surface area contributed by atoms with Gasteiger partial charge in [-0.2, -0.15) is 0 Å². The van der Waals surface area contributed by atoms with E-state index in [1.807, 2.05) is 18.2 Å². The minimum absolute atomic E-state index is 0.0258. The molecule has 3 heterocycles. The third-order valence-corrected chi connectivity index (χ3v) is 7.62. The molecule has 1 aromatic rings. The van der Waals surface area contributed by atoms with Crippen molar-refractivity contribution >= 4 is 27.7 Å². The number of nitrogens with zero attached hydrogens (tertiary/aromatic N) is 2. The molecule has 1 aromatic carbocycles. The second-order valence-corrected chi connectivity index (χ2v) is 9.68. The van der Waals surface area contributed by atoms with Gasteiger partial charge in [0.25, 0.3) is 0 Å². The number of hydrogen-bond acceptors (Lipinski definition) is 5. The molecule has 1 fully saturated rings. The maximum absolute atomic E-state index is 12.8. The van der Waals surface area contributed by atoms with Gasteiger partial charge in [0.05, 0.1) is 16.8 Å². The van der Waals surface area contributed by atoms with Gasteiger partial charge in [-0.1, -0.05) is 37.3 Å². The number of allylic oxidation sites excluding steroid dienone is 3. The van der Waals surface area contributed by atoms with Crippen molar-refractivity contribution in [2.24, 2.45) is 5.92 Å². The molecule has 0 spiro atoms. The van der Waals surface area contributed by atoms with Gasteiger partial charge in [0.15, 0.2) is 0 Å². The van der Waals surface area contributed by atoms with Gasteiger partial charge < -0.3 is 15.0 Å². The second-order valence-electron chi connectivity index (χ2n) is 8.83. The summed E-state index contributed by atoms with van der Waals surface area (Å²) in [5.41, 5.74) is 3.67. The Kier molecular flexibility index (Phi) is 4.80. The largest absolute Gasteiger partial charge is 0.413 e. The summed E-state index contributed by atoms with van der Waals surface area (Å²) in [4.78, 5) is 17.5. The van der Waals surface area contributed by atoms with E-state index in [0.29, 0.717) is 11.9 Å². The molecule has 1 amide bonds. The summed E-state index contributed by atoms with van der Waals surface area (Å²) in [5, 5.41) is 6.34. The lowest BCUT2D eigenvalue weighted by molar-refractivity contribution is 0.189. The van der Waals surface area contributed by atoms with Crippen LogP contribution >= 0.6 is 15.9 Å². The number of likely N-dealkylation sites (tertiary alicyclic amines) is 1. The number of hydrogen-bond donors (Lipinski definition) is 2. The Labute approximate surface area is 185 Å². The van der Waals surface area contributed by atoms with Crippen LogP contribution in [0.25, 0.3) is 0 Å². The van der Waals surface area contributed by atoms with Crippen molar-refractivity contribution in [2.45, 2.75) is 31.1 Å². The highest BCUT2D eigenvalue weighted by Gasteiger charge is 2.52. The van der Waals surface area contributed by atoms with E-state index in [1.165, 1.54) is 16.8 Å². The van der Waals surface area contributed by atoms with Crippen LogP contribution in [0.2, 0.25) is 0 Å². The first kappa shape index (κ1) is 19.8. The van der Waals surface area contributed by atoms with E-state index in [4.69, 9.17) is 4.74 Å². The first-order valence-electron chi connectivity index (χ1n) is 10.4. The zero-order valence-electron chi connectivity index (χ0n) is 17.5. The monoisotopic (exact) mass is 470 g/mol. The summed E-state index contributed by atoms with van der Waals surface area (Å²) in [6.07, 6.45) is 11.1. The Bertz CT molecular complexity index is 988. The average Bonchev–Trinajstić information content (AvgIpc) is 3.14. The number of ether oxygens (including phenoxy) is 1. The Morgan fingerprint density at radius 1 is 1.33 bits per heavy atom. The topological polar surface area (TPSA) is 56.8 Å². The molecule has 1 aliphatic carbocycles. The summed E-state index contributed by atoms with van der Waals surface area (Å²) in [5.74, 6) is 0.670. The zero-order chi connectivity index (χ0) is 21.0. The van der Waals surface area contributed by atoms with Gasteiger partial charge in [-0.15, -0.1) is 0 Å². The third kappa shape index (κ3) is 3.02. The van der Waals surface area contributed by atoms with Gasteiger partial charge in [0.2, 0.25) is 0 Å². The van der Waals surface area contributed by atoms with Crippen LogP contribution in [0.1, 0.15) is 18.9 Å². The van der Waals surface area contributed by atoms with Gasteiger partial charge in [-0.05, 0) is 52.7 Å². The number of rotatable bonds is 2. The average molecular weight is 471 g/mol. The van der Waals surface area contributed by atoms with Crippen molar-refractivity contribution in [1.82, 2.24) is 15.5 Å². The van der Waals surface area contributed by atoms with E-state index in [2.05, 4.69) is 81.7 Å². The smallest absolute Gasteiger partial charge is 0.409 e. The lowest BCUT2D eigenvalue weighted by Crippen LogP contribution is -2.53. The number of amides is 1. The van der Waals surface area contributed by atoms with Gasteiger partial charge in [-0.3, -0.25) is 10.2 Å². The number of anilines is 1. The van der Waals surface area contributed by atoms with Gasteiger partial charge in [0, 0.05) is 37.2 Å². The summed E-state index contributed by atoms with van der Waals surface area (Å²) in [7, 11) is 4.31. The van der Waals surface area contributed by atoms with E-state index >= 15 is 0 Å². The number of carbonyl (C=O) groups is 1. The Morgan fingerprint density at radius 2 is 2.17 bits per heavy atom.